The second-order valence-corrected chi connectivity index (χ2v) is 6.85. The molecule has 0 aliphatic carbocycles. The van der Waals surface area contributed by atoms with Crippen molar-refractivity contribution < 1.29 is 17.9 Å². The van der Waals surface area contributed by atoms with Crippen LogP contribution in [0.5, 0.6) is 0 Å². The van der Waals surface area contributed by atoms with E-state index in [2.05, 4.69) is 0 Å². The summed E-state index contributed by atoms with van der Waals surface area (Å²) in [6.45, 7) is 0.775. The lowest BCUT2D eigenvalue weighted by atomic mass is 10.1. The number of morpholine rings is 1. The Labute approximate surface area is 101 Å². The van der Waals surface area contributed by atoms with E-state index in [1.54, 1.807) is 4.90 Å². The molecule has 0 spiro atoms. The van der Waals surface area contributed by atoms with Gasteiger partial charge in [-0.25, -0.2) is 8.42 Å². The number of carbonyl (C=O) groups is 1. The normalized spacial score (nSPS) is 33.7. The van der Waals surface area contributed by atoms with Crippen LogP contribution in [-0.2, 0) is 19.4 Å². The fourth-order valence-corrected chi connectivity index (χ4v) is 4.09. The molecule has 6 nitrogen and oxygen atoms in total. The molecule has 2 fully saturated rings. The molecule has 0 radical (unpaired) electrons. The zero-order chi connectivity index (χ0) is 12.5. The lowest BCUT2D eigenvalue weighted by molar-refractivity contribution is -0.151. The van der Waals surface area contributed by atoms with Crippen molar-refractivity contribution in [1.82, 2.24) is 4.90 Å². The van der Waals surface area contributed by atoms with Crippen molar-refractivity contribution in [2.24, 2.45) is 5.73 Å². The minimum Gasteiger partial charge on any atom is -0.365 e. The Morgan fingerprint density at radius 2 is 2.24 bits per heavy atom. The first-order valence-corrected chi connectivity index (χ1v) is 7.65. The van der Waals surface area contributed by atoms with E-state index in [-0.39, 0.29) is 36.2 Å². The van der Waals surface area contributed by atoms with Gasteiger partial charge in [-0.1, -0.05) is 0 Å². The highest BCUT2D eigenvalue weighted by atomic mass is 32.2. The Balaban J connectivity index is 2.07. The maximum absolute atomic E-state index is 11.7. The summed E-state index contributed by atoms with van der Waals surface area (Å²) >= 11 is 0. The molecule has 7 heteroatoms. The van der Waals surface area contributed by atoms with Gasteiger partial charge in [0.25, 0.3) is 0 Å². The maximum Gasteiger partial charge on any atom is 0.248 e. The smallest absolute Gasteiger partial charge is 0.248 e. The molecule has 2 N–H and O–H groups in total. The second-order valence-electron chi connectivity index (χ2n) is 4.63. The maximum atomic E-state index is 11.7. The van der Waals surface area contributed by atoms with E-state index in [4.69, 9.17) is 10.5 Å². The van der Waals surface area contributed by atoms with Gasteiger partial charge in [0.05, 0.1) is 17.6 Å². The van der Waals surface area contributed by atoms with Crippen LogP contribution in [0.2, 0.25) is 0 Å². The average Bonchev–Trinajstić information content (AvgIpc) is 2.28. The highest BCUT2D eigenvalue weighted by Gasteiger charge is 2.35. The first kappa shape index (κ1) is 12.8. The quantitative estimate of drug-likeness (QED) is 0.671. The first-order chi connectivity index (χ1) is 8.02. The first-order valence-electron chi connectivity index (χ1n) is 5.83. The third-order valence-electron chi connectivity index (χ3n) is 3.31. The van der Waals surface area contributed by atoms with Crippen molar-refractivity contribution in [3.05, 3.63) is 0 Å². The monoisotopic (exact) mass is 262 g/mol. The zero-order valence-electron chi connectivity index (χ0n) is 9.67. The molecule has 1 amide bonds. The molecule has 17 heavy (non-hydrogen) atoms. The molecule has 2 unspecified atom stereocenters. The predicted octanol–water partition coefficient (Wildman–Crippen LogP) is -1.25. The van der Waals surface area contributed by atoms with Crippen LogP contribution >= 0.6 is 0 Å². The van der Waals surface area contributed by atoms with Crippen LogP contribution in [-0.4, -0.2) is 62.6 Å². The molecule has 2 rings (SSSR count). The summed E-state index contributed by atoms with van der Waals surface area (Å²) < 4.78 is 28.4. The summed E-state index contributed by atoms with van der Waals surface area (Å²) in [7, 11) is -2.99. The van der Waals surface area contributed by atoms with Crippen LogP contribution in [0.15, 0.2) is 0 Å². The number of hydrogen-bond acceptors (Lipinski definition) is 5. The minimum atomic E-state index is -2.99. The number of carbonyl (C=O) groups excluding carboxylic acids is 1. The van der Waals surface area contributed by atoms with Gasteiger partial charge < -0.3 is 15.4 Å². The van der Waals surface area contributed by atoms with Crippen LogP contribution in [0, 0.1) is 0 Å². The molecule has 2 aliphatic heterocycles. The minimum absolute atomic E-state index is 0.0123. The number of ether oxygens (including phenoxy) is 1. The summed E-state index contributed by atoms with van der Waals surface area (Å²) in [5.74, 6) is 0.190. The number of nitrogens with two attached hydrogens (primary N) is 1. The van der Waals surface area contributed by atoms with Gasteiger partial charge in [-0.05, 0) is 12.8 Å². The Bertz CT molecular complexity index is 395. The van der Waals surface area contributed by atoms with Gasteiger partial charge in [0.2, 0.25) is 5.91 Å². The largest absolute Gasteiger partial charge is 0.365 e. The molecule has 0 aromatic heterocycles. The number of amides is 1. The molecule has 2 heterocycles. The standard InChI is InChI=1S/C10H18N2O4S/c11-4-9-5-12(10(13)6-16-9)8-2-1-3-17(14,15)7-8/h8-9H,1-7,11H2. The molecule has 0 saturated carbocycles. The summed E-state index contributed by atoms with van der Waals surface area (Å²) in [5.41, 5.74) is 5.51. The third-order valence-corrected chi connectivity index (χ3v) is 5.11. The highest BCUT2D eigenvalue weighted by Crippen LogP contribution is 2.20. The SMILES string of the molecule is NCC1CN(C2CCCS(=O)(=O)C2)C(=O)CO1. The molecule has 0 aromatic carbocycles. The lowest BCUT2D eigenvalue weighted by Gasteiger charge is -2.39. The molecule has 0 aromatic rings. The highest BCUT2D eigenvalue weighted by molar-refractivity contribution is 7.91. The predicted molar refractivity (Wildman–Crippen MR) is 62.2 cm³/mol. The Hall–Kier alpha value is -0.660. The van der Waals surface area contributed by atoms with Gasteiger partial charge in [0.15, 0.2) is 9.84 Å². The van der Waals surface area contributed by atoms with Gasteiger partial charge in [-0.2, -0.15) is 0 Å². The van der Waals surface area contributed by atoms with Crippen molar-refractivity contribution in [1.29, 1.82) is 0 Å². The van der Waals surface area contributed by atoms with E-state index in [1.807, 2.05) is 0 Å². The summed E-state index contributed by atoms with van der Waals surface area (Å²) in [6.07, 6.45) is 1.21. The van der Waals surface area contributed by atoms with E-state index in [0.717, 1.165) is 6.42 Å². The van der Waals surface area contributed by atoms with Crippen LogP contribution in [0.3, 0.4) is 0 Å². The van der Waals surface area contributed by atoms with Crippen LogP contribution in [0.4, 0.5) is 0 Å². The van der Waals surface area contributed by atoms with E-state index in [1.165, 1.54) is 0 Å². The van der Waals surface area contributed by atoms with Crippen molar-refractivity contribution in [2.75, 3.05) is 31.2 Å². The molecule has 2 aliphatic rings. The van der Waals surface area contributed by atoms with Gasteiger partial charge in [0, 0.05) is 19.1 Å². The topological polar surface area (TPSA) is 89.7 Å². The number of hydrogen-bond donors (Lipinski definition) is 1. The van der Waals surface area contributed by atoms with E-state index in [0.29, 0.717) is 19.5 Å². The Morgan fingerprint density at radius 1 is 1.47 bits per heavy atom. The molecule has 2 saturated heterocycles. The van der Waals surface area contributed by atoms with Gasteiger partial charge in [-0.3, -0.25) is 4.79 Å². The van der Waals surface area contributed by atoms with E-state index >= 15 is 0 Å². The van der Waals surface area contributed by atoms with Crippen molar-refractivity contribution in [3.8, 4) is 0 Å². The van der Waals surface area contributed by atoms with Gasteiger partial charge in [-0.15, -0.1) is 0 Å². The van der Waals surface area contributed by atoms with Crippen molar-refractivity contribution >= 4 is 15.7 Å². The van der Waals surface area contributed by atoms with Crippen LogP contribution in [0.1, 0.15) is 12.8 Å². The van der Waals surface area contributed by atoms with E-state index in [9.17, 15) is 13.2 Å². The fourth-order valence-electron chi connectivity index (χ4n) is 2.39. The number of rotatable bonds is 2. The summed E-state index contributed by atoms with van der Waals surface area (Å²) in [5, 5.41) is 0. The number of nitrogens with zero attached hydrogens (tertiary/aromatic N) is 1. The average molecular weight is 262 g/mol. The fraction of sp³-hybridized carbons (Fsp3) is 0.900. The summed E-state index contributed by atoms with van der Waals surface area (Å²) in [4.78, 5) is 13.4. The van der Waals surface area contributed by atoms with Crippen LogP contribution < -0.4 is 5.73 Å². The van der Waals surface area contributed by atoms with Gasteiger partial charge in [0.1, 0.15) is 6.61 Å². The zero-order valence-corrected chi connectivity index (χ0v) is 10.5. The third kappa shape index (κ3) is 2.97. The second kappa shape index (κ2) is 4.91. The molecular weight excluding hydrogens is 244 g/mol. The summed E-state index contributed by atoms with van der Waals surface area (Å²) in [6, 6.07) is -0.195. The van der Waals surface area contributed by atoms with Crippen LogP contribution in [0.25, 0.3) is 0 Å². The van der Waals surface area contributed by atoms with E-state index < -0.39 is 9.84 Å². The molecular formula is C10H18N2O4S. The molecule has 0 bridgehead atoms. The molecule has 98 valence electrons. The Morgan fingerprint density at radius 3 is 2.88 bits per heavy atom. The van der Waals surface area contributed by atoms with Crippen molar-refractivity contribution in [2.45, 2.75) is 25.0 Å². The van der Waals surface area contributed by atoms with Gasteiger partial charge >= 0.3 is 0 Å². The number of sulfone groups is 1. The van der Waals surface area contributed by atoms with Crippen molar-refractivity contribution in [3.63, 3.8) is 0 Å². The Kier molecular flexibility index (Phi) is 3.70. The molecule has 2 atom stereocenters. The lowest BCUT2D eigenvalue weighted by Crippen LogP contribution is -2.55.